The van der Waals surface area contributed by atoms with Crippen LogP contribution in [0, 0.1) is 5.92 Å². The molecule has 0 heterocycles. The van der Waals surface area contributed by atoms with Gasteiger partial charge in [-0.2, -0.15) is 0 Å². The van der Waals surface area contributed by atoms with Crippen LogP contribution in [-0.2, 0) is 0 Å². The second-order valence-corrected chi connectivity index (χ2v) is 4.78. The Morgan fingerprint density at radius 2 is 2.19 bits per heavy atom. The first-order valence-corrected chi connectivity index (χ1v) is 5.98. The maximum atomic E-state index is 11.4. The predicted molar refractivity (Wildman–Crippen MR) is 67.9 cm³/mol. The van der Waals surface area contributed by atoms with Crippen LogP contribution in [0.25, 0.3) is 0 Å². The van der Waals surface area contributed by atoms with Gasteiger partial charge in [-0.05, 0) is 40.0 Å². The monoisotopic (exact) mass is 285 g/mol. The van der Waals surface area contributed by atoms with E-state index in [1.165, 1.54) is 0 Å². The summed E-state index contributed by atoms with van der Waals surface area (Å²) in [5.74, 6) is 1.14. The van der Waals surface area contributed by atoms with Gasteiger partial charge >= 0.3 is 0 Å². The molecule has 0 aliphatic rings. The first-order valence-electron chi connectivity index (χ1n) is 5.19. The second-order valence-electron chi connectivity index (χ2n) is 3.93. The van der Waals surface area contributed by atoms with Gasteiger partial charge in [-0.3, -0.25) is 4.79 Å². The van der Waals surface area contributed by atoms with Gasteiger partial charge in [0.1, 0.15) is 5.75 Å². The van der Waals surface area contributed by atoms with E-state index in [9.17, 15) is 4.79 Å². The summed E-state index contributed by atoms with van der Waals surface area (Å²) in [6.07, 6.45) is 0. The molecule has 1 rings (SSSR count). The Kier molecular flexibility index (Phi) is 4.80. The molecule has 1 aromatic carbocycles. The van der Waals surface area contributed by atoms with Gasteiger partial charge in [-0.1, -0.05) is 13.8 Å². The summed E-state index contributed by atoms with van der Waals surface area (Å²) in [5.41, 5.74) is 0.617. The Labute approximate surface area is 104 Å². The highest BCUT2D eigenvalue weighted by molar-refractivity contribution is 9.10. The zero-order valence-corrected chi connectivity index (χ0v) is 11.3. The fraction of sp³-hybridized carbons (Fsp3) is 0.417. The Hall–Kier alpha value is -1.03. The Balaban J connectivity index is 2.79. The predicted octanol–water partition coefficient (Wildman–Crippen LogP) is 2.84. The highest BCUT2D eigenvalue weighted by Crippen LogP contribution is 2.26. The van der Waals surface area contributed by atoms with E-state index < -0.39 is 0 Å². The van der Waals surface area contributed by atoms with E-state index in [-0.39, 0.29) is 5.91 Å². The molecule has 0 saturated carbocycles. The van der Waals surface area contributed by atoms with Gasteiger partial charge in [0.15, 0.2) is 0 Å². The largest absolute Gasteiger partial charge is 0.492 e. The molecule has 16 heavy (non-hydrogen) atoms. The summed E-state index contributed by atoms with van der Waals surface area (Å²) < 4.78 is 6.39. The zero-order valence-electron chi connectivity index (χ0n) is 9.71. The maximum Gasteiger partial charge on any atom is 0.251 e. The van der Waals surface area contributed by atoms with E-state index in [1.807, 2.05) is 0 Å². The van der Waals surface area contributed by atoms with Crippen molar-refractivity contribution >= 4 is 21.8 Å². The van der Waals surface area contributed by atoms with Crippen LogP contribution in [0.3, 0.4) is 0 Å². The minimum atomic E-state index is -0.101. The molecule has 1 aromatic rings. The SMILES string of the molecule is CNC(=O)c1ccc(OCC(C)C)c(Br)c1. The van der Waals surface area contributed by atoms with Crippen LogP contribution in [0.15, 0.2) is 22.7 Å². The fourth-order valence-electron chi connectivity index (χ4n) is 1.16. The van der Waals surface area contributed by atoms with Gasteiger partial charge in [0, 0.05) is 12.6 Å². The summed E-state index contributed by atoms with van der Waals surface area (Å²) in [7, 11) is 1.61. The molecule has 0 aliphatic heterocycles. The van der Waals surface area contributed by atoms with Gasteiger partial charge in [-0.25, -0.2) is 0 Å². The summed E-state index contributed by atoms with van der Waals surface area (Å²) in [5, 5.41) is 2.58. The summed E-state index contributed by atoms with van der Waals surface area (Å²) in [4.78, 5) is 11.4. The number of rotatable bonds is 4. The minimum Gasteiger partial charge on any atom is -0.492 e. The van der Waals surface area contributed by atoms with Crippen molar-refractivity contribution in [2.24, 2.45) is 5.92 Å². The van der Waals surface area contributed by atoms with Crippen molar-refractivity contribution < 1.29 is 9.53 Å². The Morgan fingerprint density at radius 3 is 2.69 bits per heavy atom. The highest BCUT2D eigenvalue weighted by Gasteiger charge is 2.07. The van der Waals surface area contributed by atoms with Gasteiger partial charge in [-0.15, -0.1) is 0 Å². The van der Waals surface area contributed by atoms with Crippen molar-refractivity contribution in [3.05, 3.63) is 28.2 Å². The Bertz CT molecular complexity index is 377. The molecule has 0 fully saturated rings. The average molecular weight is 286 g/mol. The third-order valence-corrected chi connectivity index (χ3v) is 2.61. The van der Waals surface area contributed by atoms with Crippen molar-refractivity contribution in [2.45, 2.75) is 13.8 Å². The van der Waals surface area contributed by atoms with Crippen LogP contribution in [0.4, 0.5) is 0 Å². The van der Waals surface area contributed by atoms with Crippen LogP contribution >= 0.6 is 15.9 Å². The standard InChI is InChI=1S/C12H16BrNO2/c1-8(2)7-16-11-5-4-9(6-10(11)13)12(15)14-3/h4-6,8H,7H2,1-3H3,(H,14,15). The van der Waals surface area contributed by atoms with Crippen LogP contribution in [-0.4, -0.2) is 19.6 Å². The number of carbonyl (C=O) groups excluding carboxylic acids is 1. The molecule has 0 radical (unpaired) electrons. The summed E-state index contributed by atoms with van der Waals surface area (Å²) in [6, 6.07) is 5.31. The van der Waals surface area contributed by atoms with E-state index in [1.54, 1.807) is 25.2 Å². The van der Waals surface area contributed by atoms with E-state index in [2.05, 4.69) is 35.1 Å². The van der Waals surface area contributed by atoms with E-state index >= 15 is 0 Å². The van der Waals surface area contributed by atoms with Crippen LogP contribution in [0.5, 0.6) is 5.75 Å². The minimum absolute atomic E-state index is 0.101. The molecule has 0 bridgehead atoms. The number of hydrogen-bond donors (Lipinski definition) is 1. The number of halogens is 1. The normalized spacial score (nSPS) is 10.3. The lowest BCUT2D eigenvalue weighted by atomic mass is 10.2. The van der Waals surface area contributed by atoms with Crippen LogP contribution in [0.1, 0.15) is 24.2 Å². The maximum absolute atomic E-state index is 11.4. The topological polar surface area (TPSA) is 38.3 Å². The van der Waals surface area contributed by atoms with Gasteiger partial charge in [0.2, 0.25) is 0 Å². The molecule has 1 N–H and O–H groups in total. The number of benzene rings is 1. The van der Waals surface area contributed by atoms with Gasteiger partial charge in [0.05, 0.1) is 11.1 Å². The molecule has 0 aromatic heterocycles. The summed E-state index contributed by atoms with van der Waals surface area (Å²) >= 11 is 3.39. The van der Waals surface area contributed by atoms with Crippen molar-refractivity contribution in [3.8, 4) is 5.75 Å². The van der Waals surface area contributed by atoms with Crippen LogP contribution < -0.4 is 10.1 Å². The quantitative estimate of drug-likeness (QED) is 0.924. The van der Waals surface area contributed by atoms with Crippen LogP contribution in [0.2, 0.25) is 0 Å². The van der Waals surface area contributed by atoms with Gasteiger partial charge in [0.25, 0.3) is 5.91 Å². The molecule has 0 aliphatic carbocycles. The first kappa shape index (κ1) is 13.0. The molecule has 88 valence electrons. The van der Waals surface area contributed by atoms with E-state index in [0.717, 1.165) is 10.2 Å². The Morgan fingerprint density at radius 1 is 1.50 bits per heavy atom. The number of ether oxygens (including phenoxy) is 1. The highest BCUT2D eigenvalue weighted by atomic mass is 79.9. The zero-order chi connectivity index (χ0) is 12.1. The lowest BCUT2D eigenvalue weighted by molar-refractivity contribution is 0.0963. The lowest BCUT2D eigenvalue weighted by Gasteiger charge is -2.11. The van der Waals surface area contributed by atoms with Crippen molar-refractivity contribution in [1.82, 2.24) is 5.32 Å². The summed E-state index contributed by atoms with van der Waals surface area (Å²) in [6.45, 7) is 4.84. The first-order chi connectivity index (χ1) is 7.54. The molecular weight excluding hydrogens is 270 g/mol. The number of nitrogens with one attached hydrogen (secondary N) is 1. The van der Waals surface area contributed by atoms with E-state index in [0.29, 0.717) is 18.1 Å². The smallest absolute Gasteiger partial charge is 0.251 e. The van der Waals surface area contributed by atoms with E-state index in [4.69, 9.17) is 4.74 Å². The second kappa shape index (κ2) is 5.89. The molecule has 0 saturated heterocycles. The number of carbonyl (C=O) groups is 1. The molecule has 0 atom stereocenters. The molecule has 0 unspecified atom stereocenters. The molecular formula is C12H16BrNO2. The van der Waals surface area contributed by atoms with Gasteiger partial charge < -0.3 is 10.1 Å². The van der Waals surface area contributed by atoms with Crippen molar-refractivity contribution in [3.63, 3.8) is 0 Å². The molecule has 4 heteroatoms. The average Bonchev–Trinajstić information content (AvgIpc) is 2.26. The molecule has 1 amide bonds. The molecule has 0 spiro atoms. The fourth-order valence-corrected chi connectivity index (χ4v) is 1.65. The van der Waals surface area contributed by atoms with Crippen molar-refractivity contribution in [2.75, 3.05) is 13.7 Å². The van der Waals surface area contributed by atoms with Crippen molar-refractivity contribution in [1.29, 1.82) is 0 Å². The number of amides is 1. The molecule has 3 nitrogen and oxygen atoms in total. The third kappa shape index (κ3) is 3.52. The number of hydrogen-bond acceptors (Lipinski definition) is 2. The lowest BCUT2D eigenvalue weighted by Crippen LogP contribution is -2.17. The third-order valence-electron chi connectivity index (χ3n) is 1.99.